The molecule has 4 N–H and O–H groups in total. The van der Waals surface area contributed by atoms with Gasteiger partial charge in [0.25, 0.3) is 0 Å². The predicted octanol–water partition coefficient (Wildman–Crippen LogP) is 13.6. The lowest BCUT2D eigenvalue weighted by Crippen LogP contribution is -2.22. The lowest BCUT2D eigenvalue weighted by Gasteiger charge is -2.28. The monoisotopic (exact) mass is 919 g/mol. The first-order valence-electron chi connectivity index (χ1n) is 24.4. The molecule has 0 aliphatic rings. The largest absolute Gasteiger partial charge is 0.507 e. The minimum Gasteiger partial charge on any atom is -0.507 e. The van der Waals surface area contributed by atoms with Crippen LogP contribution in [0.3, 0.4) is 0 Å². The van der Waals surface area contributed by atoms with Crippen molar-refractivity contribution in [2.24, 2.45) is 9.98 Å². The molecule has 68 heavy (non-hydrogen) atoms. The number of fused-ring (bicyclic) bond motifs is 2. The zero-order chi connectivity index (χ0) is 49.9. The molecule has 0 fully saturated rings. The Hall–Kier alpha value is -5.70. The van der Waals surface area contributed by atoms with Crippen LogP contribution in [-0.4, -0.2) is 82.9 Å². The number of nitrogens with zero attached hydrogens (tertiary/aromatic N) is 4. The van der Waals surface area contributed by atoms with Crippen molar-refractivity contribution < 1.29 is 20.4 Å². The lowest BCUT2D eigenvalue weighted by atomic mass is 9.79. The van der Waals surface area contributed by atoms with Crippen LogP contribution >= 0.6 is 0 Å². The maximum absolute atomic E-state index is 12.2. The molecule has 0 bridgehead atoms. The molecule has 6 aromatic rings. The summed E-state index contributed by atoms with van der Waals surface area (Å²) in [6.07, 6.45) is 5.06. The molecule has 0 atom stereocenters. The Morgan fingerprint density at radius 1 is 0.456 bits per heavy atom. The highest BCUT2D eigenvalue weighted by Gasteiger charge is 2.27. The third-order valence-electron chi connectivity index (χ3n) is 13.1. The van der Waals surface area contributed by atoms with Crippen LogP contribution in [0.25, 0.3) is 32.7 Å². The van der Waals surface area contributed by atoms with Crippen LogP contribution in [0.1, 0.15) is 140 Å². The summed E-state index contributed by atoms with van der Waals surface area (Å²) >= 11 is 0. The normalized spacial score (nSPS) is 13.1. The number of phenols is 4. The Morgan fingerprint density at radius 3 is 1.15 bits per heavy atom. The fourth-order valence-electron chi connectivity index (χ4n) is 8.99. The van der Waals surface area contributed by atoms with E-state index in [2.05, 4.69) is 131 Å². The van der Waals surface area contributed by atoms with Crippen LogP contribution in [0.5, 0.6) is 23.0 Å². The molecule has 0 saturated carbocycles. The number of aromatic hydroxyl groups is 4. The number of phenolic OH excluding ortho intramolecular Hbond substituents is 4. The fraction of sp³-hybridized carbons (Fsp3) is 0.433. The maximum atomic E-state index is 12.2. The molecule has 0 heterocycles. The van der Waals surface area contributed by atoms with Gasteiger partial charge < -0.3 is 30.2 Å². The minimum atomic E-state index is -0.186. The van der Waals surface area contributed by atoms with Crippen molar-refractivity contribution in [2.45, 2.75) is 131 Å². The van der Waals surface area contributed by atoms with E-state index < -0.39 is 0 Å². The van der Waals surface area contributed by atoms with Crippen molar-refractivity contribution in [2.75, 3.05) is 40.3 Å². The van der Waals surface area contributed by atoms with Gasteiger partial charge in [0.15, 0.2) is 0 Å². The van der Waals surface area contributed by atoms with E-state index in [0.717, 1.165) is 69.7 Å². The van der Waals surface area contributed by atoms with Gasteiger partial charge in [-0.25, -0.2) is 0 Å². The van der Waals surface area contributed by atoms with E-state index in [0.29, 0.717) is 59.9 Å². The highest BCUT2D eigenvalue weighted by Crippen LogP contribution is 2.47. The summed E-state index contributed by atoms with van der Waals surface area (Å²) in [4.78, 5) is 14.0. The minimum absolute atomic E-state index is 0.0448. The van der Waals surface area contributed by atoms with Gasteiger partial charge in [-0.05, 0) is 118 Å². The topological polar surface area (TPSA) is 112 Å². The first-order valence-corrected chi connectivity index (χ1v) is 24.4. The summed E-state index contributed by atoms with van der Waals surface area (Å²) in [6.45, 7) is 30.0. The molecule has 0 aromatic heterocycles. The zero-order valence-corrected chi connectivity index (χ0v) is 43.5. The molecular weight excluding hydrogens is 841 g/mol. The molecule has 362 valence electrons. The summed E-state index contributed by atoms with van der Waals surface area (Å²) in [5.41, 5.74) is 8.02. The molecular formula is C60H78N4O4. The molecule has 6 aromatic carbocycles. The van der Waals surface area contributed by atoms with Crippen LogP contribution < -0.4 is 0 Å². The molecule has 0 amide bonds. The van der Waals surface area contributed by atoms with E-state index in [1.807, 2.05) is 60.7 Å². The fourth-order valence-corrected chi connectivity index (χ4v) is 8.99. The molecule has 0 unspecified atom stereocenters. The number of hydrogen-bond acceptors (Lipinski definition) is 8. The molecule has 0 saturated heterocycles. The third-order valence-corrected chi connectivity index (χ3v) is 13.1. The number of aliphatic imine (C=N–C) groups is 2. The second-order valence-electron chi connectivity index (χ2n) is 23.1. The predicted molar refractivity (Wildman–Crippen MR) is 288 cm³/mol. The van der Waals surface area contributed by atoms with E-state index in [1.54, 1.807) is 12.4 Å². The Balaban J connectivity index is 1.19. The van der Waals surface area contributed by atoms with Crippen molar-refractivity contribution in [3.8, 4) is 34.1 Å². The SMILES string of the molecule is CN(CCCN=Cc1cc2ccccc2c(-c2c(O)c(C=NCCCN(C)Cc3cc(C(C)(C)C)cc(C(C)(C)C)c3O)cc3ccccc23)c1O)Cc1cc(C(C)(C)C)cc(C(C)(C)C)c1O. The Bertz CT molecular complexity index is 2620. The van der Waals surface area contributed by atoms with Gasteiger partial charge in [-0.15, -0.1) is 0 Å². The van der Waals surface area contributed by atoms with E-state index in [4.69, 9.17) is 9.98 Å². The zero-order valence-electron chi connectivity index (χ0n) is 43.5. The van der Waals surface area contributed by atoms with Crippen molar-refractivity contribution in [3.05, 3.63) is 129 Å². The number of rotatable bonds is 15. The van der Waals surface area contributed by atoms with Crippen LogP contribution in [0.4, 0.5) is 0 Å². The van der Waals surface area contributed by atoms with Gasteiger partial charge in [-0.2, -0.15) is 0 Å². The molecule has 0 aliphatic carbocycles. The standard InChI is InChI=1S/C60H78N4O4/c1-57(2,3)45-31-43(53(65)49(33-45)59(7,8)9)37-63(13)27-19-25-61-35-41-29-39-21-15-17-23-47(39)51(55(41)67)52-48-24-18-16-22-40(48)30-42(56(52)68)36-62-26-20-28-64(14)38-44-32-46(58(4,5)6)34-50(54(44)66)60(10,11)12/h15-18,21-24,29-36,65-68H,19-20,25-28,37-38H2,1-14H3. The third kappa shape index (κ3) is 12.1. The van der Waals surface area contributed by atoms with Crippen LogP contribution in [0, 0.1) is 0 Å². The average Bonchev–Trinajstić information content (AvgIpc) is 3.24. The summed E-state index contributed by atoms with van der Waals surface area (Å²) in [5.74, 6) is 0.861. The molecule has 0 spiro atoms. The quantitative estimate of drug-likeness (QED) is 0.0603. The lowest BCUT2D eigenvalue weighted by molar-refractivity contribution is 0.316. The molecule has 8 nitrogen and oxygen atoms in total. The van der Waals surface area contributed by atoms with Crippen molar-refractivity contribution >= 4 is 34.0 Å². The average molecular weight is 919 g/mol. The summed E-state index contributed by atoms with van der Waals surface area (Å²) in [7, 11) is 4.15. The molecule has 0 radical (unpaired) electrons. The first-order chi connectivity index (χ1) is 31.8. The second kappa shape index (κ2) is 20.5. The Labute approximate surface area is 407 Å². The van der Waals surface area contributed by atoms with Gasteiger partial charge in [0.2, 0.25) is 0 Å². The van der Waals surface area contributed by atoms with Crippen LogP contribution in [-0.2, 0) is 34.7 Å². The molecule has 8 heteroatoms. The van der Waals surface area contributed by atoms with Gasteiger partial charge >= 0.3 is 0 Å². The number of hydrogen-bond donors (Lipinski definition) is 4. The highest BCUT2D eigenvalue weighted by molar-refractivity contribution is 6.14. The first kappa shape index (κ1) is 51.7. The van der Waals surface area contributed by atoms with E-state index in [-0.39, 0.29) is 33.2 Å². The van der Waals surface area contributed by atoms with E-state index in [9.17, 15) is 20.4 Å². The van der Waals surface area contributed by atoms with Gasteiger partial charge in [0, 0.05) is 72.0 Å². The Kier molecular flexibility index (Phi) is 15.6. The van der Waals surface area contributed by atoms with Crippen LogP contribution in [0.15, 0.2) is 94.9 Å². The summed E-state index contributed by atoms with van der Waals surface area (Å²) < 4.78 is 0. The Morgan fingerprint density at radius 2 is 0.809 bits per heavy atom. The van der Waals surface area contributed by atoms with Crippen molar-refractivity contribution in [3.63, 3.8) is 0 Å². The van der Waals surface area contributed by atoms with Crippen molar-refractivity contribution in [1.29, 1.82) is 0 Å². The smallest absolute Gasteiger partial charge is 0.132 e. The van der Waals surface area contributed by atoms with E-state index >= 15 is 0 Å². The van der Waals surface area contributed by atoms with Gasteiger partial charge in [-0.3, -0.25) is 9.98 Å². The maximum Gasteiger partial charge on any atom is 0.132 e. The molecule has 6 rings (SSSR count). The van der Waals surface area contributed by atoms with Gasteiger partial charge in [-0.1, -0.05) is 156 Å². The summed E-state index contributed by atoms with van der Waals surface area (Å²) in [5, 5.41) is 50.5. The summed E-state index contributed by atoms with van der Waals surface area (Å²) in [6, 6.07) is 28.4. The van der Waals surface area contributed by atoms with Gasteiger partial charge in [0.05, 0.1) is 0 Å². The number of benzene rings is 6. The second-order valence-corrected chi connectivity index (χ2v) is 23.1. The van der Waals surface area contributed by atoms with Crippen LogP contribution in [0.2, 0.25) is 0 Å². The van der Waals surface area contributed by atoms with Gasteiger partial charge in [0.1, 0.15) is 23.0 Å². The highest BCUT2D eigenvalue weighted by atomic mass is 16.3. The van der Waals surface area contributed by atoms with E-state index in [1.165, 1.54) is 11.1 Å². The van der Waals surface area contributed by atoms with Crippen molar-refractivity contribution in [1.82, 2.24) is 9.80 Å². The molecule has 0 aliphatic heterocycles.